The first-order valence-corrected chi connectivity index (χ1v) is 8.98. The fourth-order valence-electron chi connectivity index (χ4n) is 3.69. The molecule has 0 heterocycles. The lowest BCUT2D eigenvalue weighted by molar-refractivity contribution is 0.100. The highest BCUT2D eigenvalue weighted by Crippen LogP contribution is 2.38. The van der Waals surface area contributed by atoms with Crippen LogP contribution in [-0.4, -0.2) is 5.91 Å². The summed E-state index contributed by atoms with van der Waals surface area (Å²) in [4.78, 5) is 11.3. The Morgan fingerprint density at radius 1 is 0.962 bits per heavy atom. The van der Waals surface area contributed by atoms with Crippen LogP contribution in [0.3, 0.4) is 0 Å². The van der Waals surface area contributed by atoms with Gasteiger partial charge in [0.2, 0.25) is 5.91 Å². The van der Waals surface area contributed by atoms with Gasteiger partial charge in [-0.25, -0.2) is 0 Å². The monoisotopic (exact) mass is 339 g/mol. The summed E-state index contributed by atoms with van der Waals surface area (Å²) in [5.74, 6) is -0.395. The topological polar surface area (TPSA) is 43.1 Å². The van der Waals surface area contributed by atoms with Crippen LogP contribution in [0.4, 0.5) is 0 Å². The number of carbonyl (C=O) groups is 1. The van der Waals surface area contributed by atoms with Crippen molar-refractivity contribution in [2.75, 3.05) is 0 Å². The van der Waals surface area contributed by atoms with E-state index in [-0.39, 0.29) is 0 Å². The fraction of sp³-hybridized carbons (Fsp3) is 0.125. The summed E-state index contributed by atoms with van der Waals surface area (Å²) in [5.41, 5.74) is 13.7. The van der Waals surface area contributed by atoms with E-state index in [9.17, 15) is 4.79 Å². The zero-order valence-electron chi connectivity index (χ0n) is 14.6. The molecule has 2 aromatic rings. The molecule has 0 saturated heterocycles. The molecule has 0 unspecified atom stereocenters. The fourth-order valence-corrected chi connectivity index (χ4v) is 3.69. The van der Waals surface area contributed by atoms with Gasteiger partial charge in [-0.15, -0.1) is 0 Å². The highest BCUT2D eigenvalue weighted by molar-refractivity contribution is 5.95. The summed E-state index contributed by atoms with van der Waals surface area (Å²) >= 11 is 0. The molecule has 26 heavy (non-hydrogen) atoms. The Morgan fingerprint density at radius 2 is 1.77 bits per heavy atom. The van der Waals surface area contributed by atoms with E-state index in [0.29, 0.717) is 5.56 Å². The number of hydrogen-bond donors (Lipinski definition) is 1. The Balaban J connectivity index is 1.87. The van der Waals surface area contributed by atoms with E-state index in [0.717, 1.165) is 24.8 Å². The number of carbonyl (C=O) groups excluding carboxylic acids is 1. The van der Waals surface area contributed by atoms with E-state index < -0.39 is 5.91 Å². The summed E-state index contributed by atoms with van der Waals surface area (Å²) in [6, 6.07) is 16.2. The number of rotatable bonds is 2. The van der Waals surface area contributed by atoms with Gasteiger partial charge in [0, 0.05) is 5.56 Å². The Labute approximate surface area is 154 Å². The Kier molecular flexibility index (Phi) is 4.40. The van der Waals surface area contributed by atoms with E-state index in [1.807, 2.05) is 12.1 Å². The van der Waals surface area contributed by atoms with Gasteiger partial charge in [-0.1, -0.05) is 60.7 Å². The third-order valence-electron chi connectivity index (χ3n) is 5.06. The molecule has 0 atom stereocenters. The zero-order chi connectivity index (χ0) is 17.9. The summed E-state index contributed by atoms with van der Waals surface area (Å²) in [6.07, 6.45) is 14.0. The minimum atomic E-state index is -0.395. The maximum atomic E-state index is 11.3. The summed E-state index contributed by atoms with van der Waals surface area (Å²) < 4.78 is 0. The average molecular weight is 339 g/mol. The molecule has 1 amide bonds. The van der Waals surface area contributed by atoms with Crippen LogP contribution >= 0.6 is 0 Å². The minimum Gasteiger partial charge on any atom is -0.366 e. The van der Waals surface area contributed by atoms with Crippen molar-refractivity contribution in [3.63, 3.8) is 0 Å². The first-order chi connectivity index (χ1) is 12.7. The van der Waals surface area contributed by atoms with E-state index in [1.54, 1.807) is 12.1 Å². The van der Waals surface area contributed by atoms with Gasteiger partial charge in [-0.05, 0) is 70.9 Å². The molecule has 2 nitrogen and oxygen atoms in total. The number of aryl methyl sites for hydroxylation is 1. The number of hydrogen-bond acceptors (Lipinski definition) is 1. The lowest BCUT2D eigenvalue weighted by Gasteiger charge is -2.14. The van der Waals surface area contributed by atoms with Crippen LogP contribution in [0, 0.1) is 0 Å². The van der Waals surface area contributed by atoms with Crippen molar-refractivity contribution in [3.8, 4) is 0 Å². The predicted octanol–water partition coefficient (Wildman–Crippen LogP) is 5.09. The number of benzene rings is 2. The molecule has 0 fully saturated rings. The van der Waals surface area contributed by atoms with Crippen molar-refractivity contribution in [1.82, 2.24) is 0 Å². The quantitative estimate of drug-likeness (QED) is 0.814. The number of amides is 1. The second-order valence-electron chi connectivity index (χ2n) is 6.70. The van der Waals surface area contributed by atoms with Crippen molar-refractivity contribution < 1.29 is 4.79 Å². The Morgan fingerprint density at radius 3 is 2.58 bits per heavy atom. The molecular weight excluding hydrogens is 318 g/mol. The zero-order valence-corrected chi connectivity index (χ0v) is 14.6. The Bertz CT molecular complexity index is 972. The number of fused-ring (bicyclic) bond motifs is 1. The highest BCUT2D eigenvalue weighted by Gasteiger charge is 2.19. The normalized spacial score (nSPS) is 17.5. The predicted molar refractivity (Wildman–Crippen MR) is 108 cm³/mol. The molecule has 128 valence electrons. The van der Waals surface area contributed by atoms with Crippen molar-refractivity contribution in [1.29, 1.82) is 0 Å². The van der Waals surface area contributed by atoms with Crippen molar-refractivity contribution in [3.05, 3.63) is 106 Å². The van der Waals surface area contributed by atoms with Crippen LogP contribution in [-0.2, 0) is 6.42 Å². The third-order valence-corrected chi connectivity index (χ3v) is 5.06. The molecule has 4 rings (SSSR count). The van der Waals surface area contributed by atoms with Gasteiger partial charge in [0.1, 0.15) is 0 Å². The highest BCUT2D eigenvalue weighted by atomic mass is 16.1. The molecule has 0 aromatic heterocycles. The van der Waals surface area contributed by atoms with Crippen molar-refractivity contribution >= 4 is 17.6 Å². The van der Waals surface area contributed by atoms with Gasteiger partial charge in [0.25, 0.3) is 0 Å². The average Bonchev–Trinajstić information content (AvgIpc) is 2.97. The third kappa shape index (κ3) is 3.18. The second-order valence-corrected chi connectivity index (χ2v) is 6.70. The van der Waals surface area contributed by atoms with E-state index >= 15 is 0 Å². The summed E-state index contributed by atoms with van der Waals surface area (Å²) in [7, 11) is 0. The molecule has 0 bridgehead atoms. The molecule has 2 aromatic carbocycles. The molecule has 0 aliphatic heterocycles. The van der Waals surface area contributed by atoms with Gasteiger partial charge in [0.05, 0.1) is 0 Å². The molecule has 2 aliphatic rings. The Hall–Kier alpha value is -3.13. The molecule has 0 radical (unpaired) electrons. The van der Waals surface area contributed by atoms with Crippen LogP contribution < -0.4 is 5.73 Å². The summed E-state index contributed by atoms with van der Waals surface area (Å²) in [5, 5.41) is 0. The smallest absolute Gasteiger partial charge is 0.248 e. The standard InChI is InChI=1S/C24H21NO/c25-24(26)20-12-10-17(11-13-20)16-23-21-8-3-1-2-6-18(21)14-15-19-7-4-5-9-22(19)23/h1-7,9-13,16H,8,14-15H2,(H2,25,26)/b23-16-. The van der Waals surface area contributed by atoms with Gasteiger partial charge in [0.15, 0.2) is 0 Å². The molecule has 0 spiro atoms. The van der Waals surface area contributed by atoms with E-state index in [1.165, 1.54) is 27.8 Å². The van der Waals surface area contributed by atoms with Crippen LogP contribution in [0.25, 0.3) is 11.6 Å². The van der Waals surface area contributed by atoms with Gasteiger partial charge < -0.3 is 5.73 Å². The minimum absolute atomic E-state index is 0.395. The van der Waals surface area contributed by atoms with Gasteiger partial charge in [-0.2, -0.15) is 0 Å². The molecule has 2 N–H and O–H groups in total. The van der Waals surface area contributed by atoms with E-state index in [4.69, 9.17) is 5.73 Å². The van der Waals surface area contributed by atoms with Crippen molar-refractivity contribution in [2.45, 2.75) is 19.3 Å². The number of nitrogens with two attached hydrogens (primary N) is 1. The number of allylic oxidation sites excluding steroid dienone is 7. The lowest BCUT2D eigenvalue weighted by atomic mass is 9.90. The van der Waals surface area contributed by atoms with Crippen LogP contribution in [0.5, 0.6) is 0 Å². The number of primary amides is 1. The molecule has 2 heteroatoms. The maximum absolute atomic E-state index is 11.3. The molecule has 0 saturated carbocycles. The first kappa shape index (κ1) is 16.3. The molecular formula is C24H21NO. The largest absolute Gasteiger partial charge is 0.366 e. The van der Waals surface area contributed by atoms with E-state index in [2.05, 4.69) is 54.6 Å². The summed E-state index contributed by atoms with van der Waals surface area (Å²) in [6.45, 7) is 0. The van der Waals surface area contributed by atoms with Crippen LogP contribution in [0.2, 0.25) is 0 Å². The maximum Gasteiger partial charge on any atom is 0.248 e. The molecule has 2 aliphatic carbocycles. The van der Waals surface area contributed by atoms with Crippen LogP contribution in [0.15, 0.2) is 84.0 Å². The van der Waals surface area contributed by atoms with Gasteiger partial charge in [-0.3, -0.25) is 4.79 Å². The van der Waals surface area contributed by atoms with Crippen molar-refractivity contribution in [2.24, 2.45) is 5.73 Å². The SMILES string of the molecule is NC(=O)c1ccc(/C=C2/C3=C(C=CC=CC3)CCc3ccccc32)cc1. The second kappa shape index (κ2) is 7.01. The van der Waals surface area contributed by atoms with Gasteiger partial charge >= 0.3 is 0 Å². The lowest BCUT2D eigenvalue weighted by Crippen LogP contribution is -2.10. The van der Waals surface area contributed by atoms with Crippen LogP contribution in [0.1, 0.15) is 39.9 Å². The first-order valence-electron chi connectivity index (χ1n) is 8.98.